The summed E-state index contributed by atoms with van der Waals surface area (Å²) in [4.78, 5) is 28.2. The fraction of sp³-hybridized carbons (Fsp3) is 0.667. The number of anilines is 1. The number of carbonyl (C=O) groups excluding carboxylic acids is 1. The van der Waals surface area contributed by atoms with Crippen LogP contribution in [0.25, 0.3) is 0 Å². The van der Waals surface area contributed by atoms with E-state index in [1.165, 1.54) is 32.1 Å². The van der Waals surface area contributed by atoms with E-state index in [4.69, 9.17) is 0 Å². The lowest BCUT2D eigenvalue weighted by Crippen LogP contribution is -2.49. The van der Waals surface area contributed by atoms with Crippen molar-refractivity contribution in [2.24, 2.45) is 17.8 Å². The molecule has 27 heavy (non-hydrogen) atoms. The number of hydrogen-bond acceptors (Lipinski definition) is 4. The minimum absolute atomic E-state index is 0.0733. The maximum Gasteiger partial charge on any atom is 0.292 e. The number of amides is 1. The van der Waals surface area contributed by atoms with Crippen molar-refractivity contribution in [3.05, 3.63) is 34.4 Å². The number of para-hydroxylation sites is 2. The second-order valence-corrected chi connectivity index (χ2v) is 8.38. The van der Waals surface area contributed by atoms with Gasteiger partial charge in [-0.2, -0.15) is 0 Å². The van der Waals surface area contributed by atoms with Gasteiger partial charge >= 0.3 is 0 Å². The van der Waals surface area contributed by atoms with Gasteiger partial charge in [0.05, 0.1) is 4.92 Å². The van der Waals surface area contributed by atoms with E-state index in [0.717, 1.165) is 31.8 Å². The van der Waals surface area contributed by atoms with E-state index in [1.54, 1.807) is 12.1 Å². The largest absolute Gasteiger partial charge is 0.366 e. The molecule has 1 amide bonds. The van der Waals surface area contributed by atoms with Gasteiger partial charge in [0.1, 0.15) is 5.69 Å². The van der Waals surface area contributed by atoms with Crippen molar-refractivity contribution in [1.82, 2.24) is 4.90 Å². The van der Waals surface area contributed by atoms with Gasteiger partial charge in [0.25, 0.3) is 5.69 Å². The third-order valence-electron chi connectivity index (χ3n) is 6.87. The second kappa shape index (κ2) is 7.87. The minimum Gasteiger partial charge on any atom is -0.366 e. The first-order valence-electron chi connectivity index (χ1n) is 10.4. The Hall–Kier alpha value is -2.11. The summed E-state index contributed by atoms with van der Waals surface area (Å²) in [6, 6.07) is 6.91. The lowest BCUT2D eigenvalue weighted by molar-refractivity contribution is -0.384. The summed E-state index contributed by atoms with van der Waals surface area (Å²) in [6.45, 7) is 3.29. The molecule has 4 rings (SSSR count). The molecule has 0 aromatic heterocycles. The molecule has 0 bridgehead atoms. The lowest BCUT2D eigenvalue weighted by Gasteiger charge is -2.43. The number of nitro benzene ring substituents is 1. The maximum absolute atomic E-state index is 13.0. The number of fused-ring (bicyclic) bond motifs is 1. The van der Waals surface area contributed by atoms with Crippen LogP contribution in [0.5, 0.6) is 0 Å². The molecule has 0 N–H and O–H groups in total. The van der Waals surface area contributed by atoms with Gasteiger partial charge in [-0.3, -0.25) is 14.9 Å². The van der Waals surface area contributed by atoms with Crippen LogP contribution in [-0.2, 0) is 4.79 Å². The van der Waals surface area contributed by atoms with Crippen LogP contribution < -0.4 is 4.90 Å². The monoisotopic (exact) mass is 371 g/mol. The van der Waals surface area contributed by atoms with Crippen molar-refractivity contribution >= 4 is 17.3 Å². The summed E-state index contributed by atoms with van der Waals surface area (Å²) in [6.07, 6.45) is 8.05. The number of benzene rings is 1. The highest BCUT2D eigenvalue weighted by molar-refractivity contribution is 5.79. The van der Waals surface area contributed by atoms with Crippen LogP contribution in [0.15, 0.2) is 24.3 Å². The summed E-state index contributed by atoms with van der Waals surface area (Å²) in [5.74, 6) is 1.94. The van der Waals surface area contributed by atoms with Gasteiger partial charge in [0.2, 0.25) is 5.91 Å². The van der Waals surface area contributed by atoms with Crippen molar-refractivity contribution in [1.29, 1.82) is 0 Å². The van der Waals surface area contributed by atoms with E-state index in [1.807, 2.05) is 12.1 Å². The molecule has 0 spiro atoms. The van der Waals surface area contributed by atoms with Gasteiger partial charge in [-0.15, -0.1) is 0 Å². The van der Waals surface area contributed by atoms with E-state index >= 15 is 0 Å². The average Bonchev–Trinajstić information content (AvgIpc) is 2.73. The molecule has 2 saturated heterocycles. The van der Waals surface area contributed by atoms with Crippen LogP contribution in [-0.4, -0.2) is 41.9 Å². The molecular formula is C21H29N3O3. The van der Waals surface area contributed by atoms with Crippen molar-refractivity contribution < 1.29 is 9.72 Å². The summed E-state index contributed by atoms with van der Waals surface area (Å²) in [7, 11) is 0. The molecule has 1 saturated carbocycles. The normalized spacial score (nSPS) is 26.5. The van der Waals surface area contributed by atoms with E-state index in [0.29, 0.717) is 30.6 Å². The molecule has 3 aliphatic rings. The first kappa shape index (κ1) is 18.3. The van der Waals surface area contributed by atoms with E-state index < -0.39 is 0 Å². The van der Waals surface area contributed by atoms with Gasteiger partial charge in [0.15, 0.2) is 0 Å². The van der Waals surface area contributed by atoms with Crippen molar-refractivity contribution in [2.45, 2.75) is 44.9 Å². The Balaban J connectivity index is 1.35. The SMILES string of the molecule is O=C(C1CCN(c2ccccc2[N+](=O)[O-])CC1)N1CC[C@H]2CCCC[C@@H]2C1. The standard InChI is InChI=1S/C21H29N3O3/c25-21(23-14-9-16-5-1-2-6-18(16)15-23)17-10-12-22(13-11-17)19-7-3-4-8-20(19)24(26)27/h3-4,7-8,16-18H,1-2,5-6,9-15H2/t16-,18-/m1/s1. The molecule has 3 fully saturated rings. The predicted octanol–water partition coefficient (Wildman–Crippen LogP) is 3.85. The van der Waals surface area contributed by atoms with Gasteiger partial charge in [0, 0.05) is 38.2 Å². The van der Waals surface area contributed by atoms with E-state index in [2.05, 4.69) is 9.80 Å². The van der Waals surface area contributed by atoms with Crippen LogP contribution in [0.4, 0.5) is 11.4 Å². The Morgan fingerprint density at radius 3 is 2.41 bits per heavy atom. The molecule has 2 heterocycles. The molecule has 6 heteroatoms. The third-order valence-corrected chi connectivity index (χ3v) is 6.87. The Labute approximate surface area is 160 Å². The lowest BCUT2D eigenvalue weighted by atomic mass is 9.75. The Morgan fingerprint density at radius 2 is 1.67 bits per heavy atom. The first-order chi connectivity index (χ1) is 13.1. The zero-order valence-corrected chi connectivity index (χ0v) is 15.9. The number of rotatable bonds is 3. The van der Waals surface area contributed by atoms with Crippen LogP contribution in [0.1, 0.15) is 44.9 Å². The topological polar surface area (TPSA) is 66.7 Å². The summed E-state index contributed by atoms with van der Waals surface area (Å²) < 4.78 is 0. The number of likely N-dealkylation sites (tertiary alicyclic amines) is 1. The highest BCUT2D eigenvalue weighted by Crippen LogP contribution is 2.37. The molecule has 0 unspecified atom stereocenters. The quantitative estimate of drug-likeness (QED) is 0.598. The fourth-order valence-electron chi connectivity index (χ4n) is 5.31. The molecule has 0 radical (unpaired) electrons. The van der Waals surface area contributed by atoms with Crippen molar-refractivity contribution in [2.75, 3.05) is 31.1 Å². The molecule has 1 aliphatic carbocycles. The van der Waals surface area contributed by atoms with Crippen LogP contribution >= 0.6 is 0 Å². The van der Waals surface area contributed by atoms with Gasteiger partial charge < -0.3 is 9.80 Å². The van der Waals surface area contributed by atoms with Crippen LogP contribution in [0, 0.1) is 27.9 Å². The van der Waals surface area contributed by atoms with Crippen LogP contribution in [0.2, 0.25) is 0 Å². The Morgan fingerprint density at radius 1 is 0.963 bits per heavy atom. The predicted molar refractivity (Wildman–Crippen MR) is 105 cm³/mol. The third kappa shape index (κ3) is 3.80. The van der Waals surface area contributed by atoms with Gasteiger partial charge in [-0.25, -0.2) is 0 Å². The smallest absolute Gasteiger partial charge is 0.292 e. The minimum atomic E-state index is -0.319. The summed E-state index contributed by atoms with van der Waals surface area (Å²) in [5.41, 5.74) is 0.832. The highest BCUT2D eigenvalue weighted by Gasteiger charge is 2.36. The molecule has 2 atom stereocenters. The molecular weight excluding hydrogens is 342 g/mol. The maximum atomic E-state index is 13.0. The number of nitro groups is 1. The zero-order valence-electron chi connectivity index (χ0n) is 15.9. The molecule has 2 aliphatic heterocycles. The van der Waals surface area contributed by atoms with Gasteiger partial charge in [-0.1, -0.05) is 31.4 Å². The molecule has 1 aromatic rings. The van der Waals surface area contributed by atoms with Crippen molar-refractivity contribution in [3.63, 3.8) is 0 Å². The van der Waals surface area contributed by atoms with Crippen LogP contribution in [0.3, 0.4) is 0 Å². The second-order valence-electron chi connectivity index (χ2n) is 8.38. The Kier molecular flexibility index (Phi) is 5.32. The summed E-state index contributed by atoms with van der Waals surface area (Å²) in [5, 5.41) is 11.3. The van der Waals surface area contributed by atoms with E-state index in [9.17, 15) is 14.9 Å². The van der Waals surface area contributed by atoms with E-state index in [-0.39, 0.29) is 16.5 Å². The first-order valence-corrected chi connectivity index (χ1v) is 10.4. The van der Waals surface area contributed by atoms with Gasteiger partial charge in [-0.05, 0) is 43.6 Å². The van der Waals surface area contributed by atoms with Crippen molar-refractivity contribution in [3.8, 4) is 0 Å². The highest BCUT2D eigenvalue weighted by atomic mass is 16.6. The fourth-order valence-corrected chi connectivity index (χ4v) is 5.31. The summed E-state index contributed by atoms with van der Waals surface area (Å²) >= 11 is 0. The molecule has 146 valence electrons. The average molecular weight is 371 g/mol. The Bertz CT molecular complexity index is 700. The number of piperidine rings is 2. The molecule has 6 nitrogen and oxygen atoms in total. The number of nitrogens with zero attached hydrogens (tertiary/aromatic N) is 3. The zero-order chi connectivity index (χ0) is 18.8. The molecule has 1 aromatic carbocycles. The number of hydrogen-bond donors (Lipinski definition) is 0. The number of carbonyl (C=O) groups is 1.